The number of benzene rings is 1. The van der Waals surface area contributed by atoms with Crippen molar-refractivity contribution in [1.29, 1.82) is 0 Å². The smallest absolute Gasteiger partial charge is 0.253 e. The van der Waals surface area contributed by atoms with Crippen molar-refractivity contribution in [2.75, 3.05) is 6.54 Å². The van der Waals surface area contributed by atoms with Gasteiger partial charge in [-0.2, -0.15) is 0 Å². The molecule has 2 N–H and O–H groups in total. The fraction of sp³-hybridized carbons (Fsp3) is 0.529. The lowest BCUT2D eigenvalue weighted by Crippen LogP contribution is -2.43. The molecule has 0 radical (unpaired) electrons. The number of para-hydroxylation sites is 1. The molecule has 0 atom stereocenters. The lowest BCUT2D eigenvalue weighted by molar-refractivity contribution is 0.0782. The van der Waals surface area contributed by atoms with Crippen LogP contribution in [0.3, 0.4) is 0 Å². The minimum Gasteiger partial charge on any atom is -0.351 e. The third kappa shape index (κ3) is 2.13. The van der Waals surface area contributed by atoms with Crippen LogP contribution in [0, 0.1) is 18.3 Å². The van der Waals surface area contributed by atoms with Gasteiger partial charge < -0.3 is 10.3 Å². The SMILES string of the molecule is Cc1nc2c(C(=O)NCC3(C4CC4)CCC3)cccc2[nH]1. The summed E-state index contributed by atoms with van der Waals surface area (Å²) in [6, 6.07) is 5.74. The maximum atomic E-state index is 12.5. The number of imidazole rings is 1. The largest absolute Gasteiger partial charge is 0.351 e. The van der Waals surface area contributed by atoms with E-state index >= 15 is 0 Å². The minimum absolute atomic E-state index is 0.0130. The number of aromatic nitrogens is 2. The molecule has 1 heterocycles. The van der Waals surface area contributed by atoms with Crippen LogP contribution in [-0.2, 0) is 0 Å². The average molecular weight is 283 g/mol. The molecule has 2 aliphatic carbocycles. The van der Waals surface area contributed by atoms with E-state index in [4.69, 9.17) is 0 Å². The number of hydrogen-bond acceptors (Lipinski definition) is 2. The van der Waals surface area contributed by atoms with E-state index in [0.29, 0.717) is 11.0 Å². The Morgan fingerprint density at radius 3 is 2.90 bits per heavy atom. The number of rotatable bonds is 4. The molecule has 2 fully saturated rings. The van der Waals surface area contributed by atoms with Gasteiger partial charge in [-0.25, -0.2) is 4.98 Å². The molecule has 0 saturated heterocycles. The second-order valence-corrected chi connectivity index (χ2v) is 6.70. The number of carbonyl (C=O) groups is 1. The first-order valence-corrected chi connectivity index (χ1v) is 7.91. The number of hydrogen-bond donors (Lipinski definition) is 2. The first kappa shape index (κ1) is 12.9. The normalized spacial score (nSPS) is 20.2. The summed E-state index contributed by atoms with van der Waals surface area (Å²) < 4.78 is 0. The van der Waals surface area contributed by atoms with Gasteiger partial charge in [-0.3, -0.25) is 4.79 Å². The highest BCUT2D eigenvalue weighted by Gasteiger charge is 2.48. The number of amides is 1. The molecular formula is C17H21N3O. The topological polar surface area (TPSA) is 57.8 Å². The van der Waals surface area contributed by atoms with E-state index in [0.717, 1.165) is 29.3 Å². The molecule has 4 nitrogen and oxygen atoms in total. The molecule has 2 aliphatic rings. The van der Waals surface area contributed by atoms with Crippen molar-refractivity contribution in [3.63, 3.8) is 0 Å². The molecule has 4 rings (SSSR count). The van der Waals surface area contributed by atoms with Crippen molar-refractivity contribution in [3.05, 3.63) is 29.6 Å². The Morgan fingerprint density at radius 1 is 1.43 bits per heavy atom. The van der Waals surface area contributed by atoms with E-state index in [9.17, 15) is 4.79 Å². The Balaban J connectivity index is 1.53. The monoisotopic (exact) mass is 283 g/mol. The minimum atomic E-state index is 0.0130. The molecule has 2 aromatic rings. The van der Waals surface area contributed by atoms with Crippen LogP contribution in [0.15, 0.2) is 18.2 Å². The predicted molar refractivity (Wildman–Crippen MR) is 82.2 cm³/mol. The summed E-state index contributed by atoms with van der Waals surface area (Å²) in [5.74, 6) is 1.72. The van der Waals surface area contributed by atoms with E-state index in [-0.39, 0.29) is 5.91 Å². The molecule has 0 bridgehead atoms. The summed E-state index contributed by atoms with van der Waals surface area (Å²) in [6.07, 6.45) is 6.59. The molecular weight excluding hydrogens is 262 g/mol. The van der Waals surface area contributed by atoms with Gasteiger partial charge in [0.05, 0.1) is 11.1 Å². The number of carbonyl (C=O) groups excluding carboxylic acids is 1. The Labute approximate surface area is 124 Å². The maximum Gasteiger partial charge on any atom is 0.253 e. The first-order chi connectivity index (χ1) is 10.2. The van der Waals surface area contributed by atoms with Crippen LogP contribution in [0.2, 0.25) is 0 Å². The van der Waals surface area contributed by atoms with Gasteiger partial charge in [0.15, 0.2) is 0 Å². The van der Waals surface area contributed by atoms with Crippen molar-refractivity contribution in [1.82, 2.24) is 15.3 Å². The third-order valence-corrected chi connectivity index (χ3v) is 5.27. The first-order valence-electron chi connectivity index (χ1n) is 7.91. The number of nitrogens with zero attached hydrogens (tertiary/aromatic N) is 1. The van der Waals surface area contributed by atoms with Gasteiger partial charge in [0.25, 0.3) is 5.91 Å². The lowest BCUT2D eigenvalue weighted by atomic mass is 9.65. The molecule has 4 heteroatoms. The van der Waals surface area contributed by atoms with Crippen molar-refractivity contribution >= 4 is 16.9 Å². The number of fused-ring (bicyclic) bond motifs is 1. The van der Waals surface area contributed by atoms with Crippen LogP contribution in [-0.4, -0.2) is 22.4 Å². The van der Waals surface area contributed by atoms with Crippen LogP contribution in [0.1, 0.15) is 48.3 Å². The Morgan fingerprint density at radius 2 is 2.24 bits per heavy atom. The van der Waals surface area contributed by atoms with E-state index in [2.05, 4.69) is 15.3 Å². The van der Waals surface area contributed by atoms with Crippen LogP contribution in [0.25, 0.3) is 11.0 Å². The molecule has 110 valence electrons. The van der Waals surface area contributed by atoms with Crippen molar-refractivity contribution < 1.29 is 4.79 Å². The van der Waals surface area contributed by atoms with Crippen LogP contribution in [0.5, 0.6) is 0 Å². The van der Waals surface area contributed by atoms with Gasteiger partial charge in [0, 0.05) is 6.54 Å². The molecule has 1 aromatic heterocycles. The fourth-order valence-corrected chi connectivity index (χ4v) is 3.75. The molecule has 1 amide bonds. The molecule has 2 saturated carbocycles. The van der Waals surface area contributed by atoms with Crippen molar-refractivity contribution in [2.24, 2.45) is 11.3 Å². The highest BCUT2D eigenvalue weighted by Crippen LogP contribution is 2.56. The zero-order chi connectivity index (χ0) is 14.4. The summed E-state index contributed by atoms with van der Waals surface area (Å²) in [5.41, 5.74) is 2.80. The summed E-state index contributed by atoms with van der Waals surface area (Å²) in [4.78, 5) is 20.2. The zero-order valence-corrected chi connectivity index (χ0v) is 12.4. The third-order valence-electron chi connectivity index (χ3n) is 5.27. The van der Waals surface area contributed by atoms with Crippen LogP contribution < -0.4 is 5.32 Å². The summed E-state index contributed by atoms with van der Waals surface area (Å²) in [6.45, 7) is 2.74. The van der Waals surface area contributed by atoms with Crippen LogP contribution in [0.4, 0.5) is 0 Å². The predicted octanol–water partition coefficient (Wildman–Crippen LogP) is 3.18. The van der Waals surface area contributed by atoms with E-state index in [1.54, 1.807) is 0 Å². The highest BCUT2D eigenvalue weighted by atomic mass is 16.1. The summed E-state index contributed by atoms with van der Waals surface area (Å²) in [7, 11) is 0. The van der Waals surface area contributed by atoms with E-state index in [1.165, 1.54) is 32.1 Å². The van der Waals surface area contributed by atoms with Crippen LogP contribution >= 0.6 is 0 Å². The quantitative estimate of drug-likeness (QED) is 0.905. The average Bonchev–Trinajstić information content (AvgIpc) is 3.18. The summed E-state index contributed by atoms with van der Waals surface area (Å²) in [5, 5.41) is 3.17. The molecule has 0 spiro atoms. The van der Waals surface area contributed by atoms with Gasteiger partial charge in [-0.05, 0) is 56.1 Å². The number of aromatic amines is 1. The zero-order valence-electron chi connectivity index (χ0n) is 12.4. The number of aryl methyl sites for hydroxylation is 1. The molecule has 1 aromatic carbocycles. The Bertz CT molecular complexity index is 695. The van der Waals surface area contributed by atoms with Gasteiger partial charge in [-0.1, -0.05) is 12.5 Å². The fourth-order valence-electron chi connectivity index (χ4n) is 3.75. The molecule has 0 unspecified atom stereocenters. The maximum absolute atomic E-state index is 12.5. The van der Waals surface area contributed by atoms with E-state index in [1.807, 2.05) is 25.1 Å². The van der Waals surface area contributed by atoms with Gasteiger partial charge in [0.1, 0.15) is 11.3 Å². The van der Waals surface area contributed by atoms with Crippen molar-refractivity contribution in [2.45, 2.75) is 39.0 Å². The van der Waals surface area contributed by atoms with Gasteiger partial charge >= 0.3 is 0 Å². The lowest BCUT2D eigenvalue weighted by Gasteiger charge is -2.42. The molecule has 21 heavy (non-hydrogen) atoms. The number of nitrogens with one attached hydrogen (secondary N) is 2. The van der Waals surface area contributed by atoms with E-state index < -0.39 is 0 Å². The summed E-state index contributed by atoms with van der Waals surface area (Å²) >= 11 is 0. The van der Waals surface area contributed by atoms with Gasteiger partial charge in [-0.15, -0.1) is 0 Å². The second-order valence-electron chi connectivity index (χ2n) is 6.70. The Hall–Kier alpha value is -1.84. The van der Waals surface area contributed by atoms with Crippen molar-refractivity contribution in [3.8, 4) is 0 Å². The highest BCUT2D eigenvalue weighted by molar-refractivity contribution is 6.04. The standard InChI is InChI=1S/C17H21N3O/c1-11-19-14-5-2-4-13(15(14)20-11)16(21)18-10-17(8-3-9-17)12-6-7-12/h2,4-5,12H,3,6-10H2,1H3,(H,18,21)(H,19,20). The number of H-pyrrole nitrogens is 1. The second kappa shape index (κ2) is 4.58. The van der Waals surface area contributed by atoms with Gasteiger partial charge in [0.2, 0.25) is 0 Å². The molecule has 0 aliphatic heterocycles. The Kier molecular flexibility index (Phi) is 2.81.